The first-order valence-electron chi connectivity index (χ1n) is 7.94. The molecule has 0 fully saturated rings. The maximum absolute atomic E-state index is 5.07. The Morgan fingerprint density at radius 3 is 3.04 bits per heavy atom. The molecule has 3 heterocycles. The highest BCUT2D eigenvalue weighted by atomic mass is 32.2. The lowest BCUT2D eigenvalue weighted by Crippen LogP contribution is -2.38. The van der Waals surface area contributed by atoms with Gasteiger partial charge in [-0.1, -0.05) is 35.1 Å². The van der Waals surface area contributed by atoms with E-state index >= 15 is 0 Å². The maximum atomic E-state index is 5.07. The van der Waals surface area contributed by atoms with Gasteiger partial charge in [0.1, 0.15) is 6.26 Å². The third-order valence-corrected chi connectivity index (χ3v) is 5.42. The maximum Gasteiger partial charge on any atom is 0.214 e. The van der Waals surface area contributed by atoms with Gasteiger partial charge >= 0.3 is 0 Å². The van der Waals surface area contributed by atoms with Crippen molar-refractivity contribution in [3.63, 3.8) is 0 Å². The van der Waals surface area contributed by atoms with Crippen LogP contribution in [-0.4, -0.2) is 48.6 Å². The average Bonchev–Trinajstić information content (AvgIpc) is 3.28. The molecule has 0 unspecified atom stereocenters. The minimum absolute atomic E-state index is 0.416. The summed E-state index contributed by atoms with van der Waals surface area (Å²) >= 11 is 1.68. The van der Waals surface area contributed by atoms with Gasteiger partial charge in [-0.3, -0.25) is 4.90 Å². The number of para-hydroxylation sites is 1. The molecule has 0 spiro atoms. The molecule has 2 aromatic heterocycles. The number of hydrogen-bond acceptors (Lipinski definition) is 7. The first-order chi connectivity index (χ1) is 11.8. The molecule has 7 nitrogen and oxygen atoms in total. The topological polar surface area (TPSA) is 72.9 Å². The predicted octanol–water partition coefficient (Wildman–Crippen LogP) is 2.19. The van der Waals surface area contributed by atoms with Crippen molar-refractivity contribution in [3.8, 4) is 5.69 Å². The van der Waals surface area contributed by atoms with Gasteiger partial charge in [0.2, 0.25) is 5.16 Å². The van der Waals surface area contributed by atoms with Crippen LogP contribution < -0.4 is 0 Å². The van der Waals surface area contributed by atoms with Crippen LogP contribution in [0.5, 0.6) is 0 Å². The molecule has 124 valence electrons. The molecule has 0 radical (unpaired) electrons. The quantitative estimate of drug-likeness (QED) is 0.658. The van der Waals surface area contributed by atoms with Crippen LogP contribution in [0.3, 0.4) is 0 Å². The number of aromatic nitrogens is 5. The van der Waals surface area contributed by atoms with Gasteiger partial charge < -0.3 is 4.52 Å². The van der Waals surface area contributed by atoms with Gasteiger partial charge in [-0.2, -0.15) is 4.68 Å². The van der Waals surface area contributed by atoms with Gasteiger partial charge in [0, 0.05) is 36.9 Å². The Kier molecular flexibility index (Phi) is 4.31. The number of rotatable bonds is 5. The summed E-state index contributed by atoms with van der Waals surface area (Å²) in [5.41, 5.74) is 3.27. The van der Waals surface area contributed by atoms with Gasteiger partial charge in [-0.05, 0) is 29.5 Å². The molecule has 0 saturated heterocycles. The van der Waals surface area contributed by atoms with E-state index in [0.717, 1.165) is 41.8 Å². The number of benzene rings is 1. The van der Waals surface area contributed by atoms with E-state index in [2.05, 4.69) is 32.5 Å². The summed E-state index contributed by atoms with van der Waals surface area (Å²) in [5.74, 6) is 0.924. The largest absolute Gasteiger partial charge is 0.364 e. The van der Waals surface area contributed by atoms with Gasteiger partial charge in [-0.25, -0.2) is 0 Å². The molecule has 1 aromatic carbocycles. The second-order valence-corrected chi connectivity index (χ2v) is 6.86. The molecule has 1 aliphatic heterocycles. The second kappa shape index (κ2) is 6.74. The fourth-order valence-corrected chi connectivity index (χ4v) is 3.80. The highest BCUT2D eigenvalue weighted by Gasteiger charge is 2.23. The molecule has 0 amide bonds. The number of tetrazole rings is 1. The highest BCUT2D eigenvalue weighted by molar-refractivity contribution is 7.99. The molecule has 0 saturated carbocycles. The van der Waals surface area contributed by atoms with Crippen LogP contribution in [0.4, 0.5) is 0 Å². The van der Waals surface area contributed by atoms with Gasteiger partial charge in [0.05, 0.1) is 11.4 Å². The lowest BCUT2D eigenvalue weighted by atomic mass is 10.1. The van der Waals surface area contributed by atoms with Gasteiger partial charge in [-0.15, -0.1) is 5.10 Å². The van der Waals surface area contributed by atoms with Crippen molar-refractivity contribution >= 4 is 11.8 Å². The summed E-state index contributed by atoms with van der Waals surface area (Å²) < 4.78 is 6.85. The van der Waals surface area contributed by atoms with Crippen LogP contribution in [-0.2, 0) is 13.0 Å². The number of nitrogens with zero attached hydrogens (tertiary/aromatic N) is 6. The highest BCUT2D eigenvalue weighted by Crippen LogP contribution is 2.24. The Morgan fingerprint density at radius 2 is 2.17 bits per heavy atom. The SMILES string of the molecule is C[C@@H](CSc1nnnn1-c1ccccc1)N1CCc2nocc2C1. The third-order valence-electron chi connectivity index (χ3n) is 4.26. The number of hydrogen-bond donors (Lipinski definition) is 0. The molecule has 3 aromatic rings. The Hall–Kier alpha value is -2.19. The van der Waals surface area contributed by atoms with Crippen LogP contribution >= 0.6 is 11.8 Å². The van der Waals surface area contributed by atoms with Gasteiger partial charge in [0.25, 0.3) is 0 Å². The zero-order valence-electron chi connectivity index (χ0n) is 13.4. The lowest BCUT2D eigenvalue weighted by molar-refractivity contribution is 0.206. The molecule has 0 bridgehead atoms. The van der Waals surface area contributed by atoms with Crippen LogP contribution in [0.25, 0.3) is 5.69 Å². The molecule has 0 aliphatic carbocycles. The van der Waals surface area contributed by atoms with Crippen molar-refractivity contribution in [1.82, 2.24) is 30.3 Å². The van der Waals surface area contributed by atoms with E-state index in [1.165, 1.54) is 5.56 Å². The van der Waals surface area contributed by atoms with Crippen molar-refractivity contribution in [3.05, 3.63) is 47.9 Å². The summed E-state index contributed by atoms with van der Waals surface area (Å²) in [6.45, 7) is 4.14. The molecule has 4 rings (SSSR count). The van der Waals surface area contributed by atoms with E-state index in [1.54, 1.807) is 22.7 Å². The van der Waals surface area contributed by atoms with Gasteiger partial charge in [0.15, 0.2) is 0 Å². The summed E-state index contributed by atoms with van der Waals surface area (Å²) in [7, 11) is 0. The van der Waals surface area contributed by atoms with E-state index in [1.807, 2.05) is 30.3 Å². The zero-order valence-corrected chi connectivity index (χ0v) is 14.2. The average molecular weight is 342 g/mol. The molecular formula is C16H18N6OS. The van der Waals surface area contributed by atoms with Crippen molar-refractivity contribution in [2.45, 2.75) is 31.1 Å². The summed E-state index contributed by atoms with van der Waals surface area (Å²) in [5, 5.41) is 16.9. The van der Waals surface area contributed by atoms with E-state index < -0.39 is 0 Å². The van der Waals surface area contributed by atoms with Crippen molar-refractivity contribution in [2.24, 2.45) is 0 Å². The van der Waals surface area contributed by atoms with Crippen LogP contribution in [0.15, 0.2) is 46.3 Å². The van der Waals surface area contributed by atoms with Crippen LogP contribution in [0, 0.1) is 0 Å². The third kappa shape index (κ3) is 3.07. The number of thioether (sulfide) groups is 1. The Labute approximate surface area is 144 Å². The minimum atomic E-state index is 0.416. The van der Waals surface area contributed by atoms with Crippen molar-refractivity contribution < 1.29 is 4.52 Å². The monoisotopic (exact) mass is 342 g/mol. The zero-order chi connectivity index (χ0) is 16.4. The standard InChI is InChI=1S/C16H18N6OS/c1-12(21-8-7-15-13(9-21)10-23-18-15)11-24-16-17-19-20-22(16)14-5-3-2-4-6-14/h2-6,10,12H,7-9,11H2,1H3/t12-/m0/s1. The fraction of sp³-hybridized carbons (Fsp3) is 0.375. The molecule has 1 atom stereocenters. The fourth-order valence-electron chi connectivity index (χ4n) is 2.84. The number of fused-ring (bicyclic) bond motifs is 1. The summed E-state index contributed by atoms with van der Waals surface area (Å²) in [4.78, 5) is 2.45. The molecular weight excluding hydrogens is 324 g/mol. The van der Waals surface area contributed by atoms with Crippen molar-refractivity contribution in [2.75, 3.05) is 12.3 Å². The van der Waals surface area contributed by atoms with Crippen LogP contribution in [0.2, 0.25) is 0 Å². The lowest BCUT2D eigenvalue weighted by Gasteiger charge is -2.31. The van der Waals surface area contributed by atoms with E-state index in [0.29, 0.717) is 6.04 Å². The predicted molar refractivity (Wildman–Crippen MR) is 90.0 cm³/mol. The normalized spacial score (nSPS) is 16.0. The van der Waals surface area contributed by atoms with E-state index in [9.17, 15) is 0 Å². The summed E-state index contributed by atoms with van der Waals surface area (Å²) in [6.07, 6.45) is 2.71. The van der Waals surface area contributed by atoms with E-state index in [4.69, 9.17) is 4.52 Å². The molecule has 1 aliphatic rings. The van der Waals surface area contributed by atoms with Crippen LogP contribution in [0.1, 0.15) is 18.2 Å². The molecule has 0 N–H and O–H groups in total. The van der Waals surface area contributed by atoms with Crippen molar-refractivity contribution in [1.29, 1.82) is 0 Å². The Balaban J connectivity index is 1.40. The molecule has 8 heteroatoms. The second-order valence-electron chi connectivity index (χ2n) is 5.88. The minimum Gasteiger partial charge on any atom is -0.364 e. The van der Waals surface area contributed by atoms with E-state index in [-0.39, 0.29) is 0 Å². The smallest absolute Gasteiger partial charge is 0.214 e. The Morgan fingerprint density at radius 1 is 1.29 bits per heavy atom. The molecule has 24 heavy (non-hydrogen) atoms. The first-order valence-corrected chi connectivity index (χ1v) is 8.92. The first kappa shape index (κ1) is 15.3. The summed E-state index contributed by atoms with van der Waals surface area (Å²) in [6, 6.07) is 10.4. The Bertz CT molecular complexity index is 802.